The predicted molar refractivity (Wildman–Crippen MR) is 94.1 cm³/mol. The summed E-state index contributed by atoms with van der Waals surface area (Å²) in [6.07, 6.45) is 4.62. The first kappa shape index (κ1) is 43.8. The van der Waals surface area contributed by atoms with Gasteiger partial charge in [0, 0.05) is 12.8 Å². The normalized spacial score (nSPS) is 7.45. The van der Waals surface area contributed by atoms with Gasteiger partial charge in [-0.25, -0.2) is 0 Å². The molecule has 0 aromatic rings. The molecule has 0 amide bonds. The molecule has 152 valence electrons. The van der Waals surface area contributed by atoms with Crippen LogP contribution in [0.5, 0.6) is 0 Å². The molecule has 0 aliphatic heterocycles. The number of hydrogen-bond acceptors (Lipinski definition) is 0. The number of halogens is 2. The molecule has 0 spiro atoms. The number of hydrogen-bond donors (Lipinski definition) is 2. The third-order valence-corrected chi connectivity index (χ3v) is 2.24. The average molecular weight is 727 g/mol. The van der Waals surface area contributed by atoms with Gasteiger partial charge in [0.15, 0.2) is 0 Å². The van der Waals surface area contributed by atoms with Crippen molar-refractivity contribution in [3.8, 4) is 0 Å². The minimum absolute atomic E-state index is 0. The molecule has 22 heavy (non-hydrogen) atoms. The van der Waals surface area contributed by atoms with Gasteiger partial charge in [-0.3, -0.25) is 0 Å². The fourth-order valence-corrected chi connectivity index (χ4v) is 1.36. The maximum atomic E-state index is 6.97. The van der Waals surface area contributed by atoms with Gasteiger partial charge in [-0.2, -0.15) is 0 Å². The summed E-state index contributed by atoms with van der Waals surface area (Å²) in [5.41, 5.74) is 13.9. The zero-order chi connectivity index (χ0) is 14.5. The van der Waals surface area contributed by atoms with E-state index in [0.717, 1.165) is 25.9 Å². The van der Waals surface area contributed by atoms with Gasteiger partial charge < -0.3 is 48.0 Å². The van der Waals surface area contributed by atoms with Crippen molar-refractivity contribution in [1.29, 1.82) is 0 Å². The van der Waals surface area contributed by atoms with Crippen LogP contribution >= 0.6 is 18.8 Å². The van der Waals surface area contributed by atoms with E-state index in [1.54, 1.807) is 37.5 Å². The van der Waals surface area contributed by atoms with E-state index < -0.39 is 0 Å². The summed E-state index contributed by atoms with van der Waals surface area (Å²) in [5.74, 6) is 0. The van der Waals surface area contributed by atoms with Crippen LogP contribution in [-0.2, 0) is 37.5 Å². The topological polar surface area (TPSA) is 181 Å². The van der Waals surface area contributed by atoms with Crippen molar-refractivity contribution in [2.75, 3.05) is 39.3 Å². The Kier molecular flexibility index (Phi) is 113. The Labute approximate surface area is 168 Å². The van der Waals surface area contributed by atoms with Crippen LogP contribution in [0.4, 0.5) is 0 Å². The van der Waals surface area contributed by atoms with Crippen LogP contribution in [0.25, 0.3) is 29.9 Å². The van der Waals surface area contributed by atoms with Crippen molar-refractivity contribution in [3.05, 3.63) is 37.3 Å². The maximum Gasteiger partial charge on any atom is 0.0757 e. The third kappa shape index (κ3) is 57.7. The SMILES string of the molecule is [CH3-].[Cl][Pt].[Cl][Pt].[NH-]CCC[NH2+]CCCC[NH2+]CCC[NH-].[NH2-].[NH2-].[NH2-]. The molecule has 0 unspecified atom stereocenters. The molecule has 12 N–H and O–H groups in total. The van der Waals surface area contributed by atoms with E-state index in [9.17, 15) is 0 Å². The molecule has 0 rings (SSSR count). The monoisotopic (exact) mass is 725 g/mol. The molecule has 0 aromatic carbocycles. The van der Waals surface area contributed by atoms with Gasteiger partial charge in [-0.1, -0.05) is 0 Å². The van der Waals surface area contributed by atoms with Gasteiger partial charge in [0.05, 0.1) is 26.2 Å². The Hall–Kier alpha value is 1.68. The maximum absolute atomic E-state index is 6.97. The Morgan fingerprint density at radius 1 is 0.591 bits per heavy atom. The molecular formula is C11H35Cl2N7Pt2-4. The number of unbranched alkanes of at least 4 members (excludes halogenated alkanes) is 1. The summed E-state index contributed by atoms with van der Waals surface area (Å²) in [6, 6.07) is 0. The van der Waals surface area contributed by atoms with Gasteiger partial charge in [-0.05, 0) is 12.8 Å². The summed E-state index contributed by atoms with van der Waals surface area (Å²) in [5, 5.41) is 4.64. The van der Waals surface area contributed by atoms with Gasteiger partial charge in [-0.15, -0.1) is 13.1 Å². The van der Waals surface area contributed by atoms with Crippen molar-refractivity contribution in [2.24, 2.45) is 0 Å². The Morgan fingerprint density at radius 2 is 0.818 bits per heavy atom. The minimum Gasteiger partial charge on any atom is -0.693 e. The molecule has 0 saturated heterocycles. The van der Waals surface area contributed by atoms with Crippen LogP contribution in [-0.4, -0.2) is 39.3 Å². The van der Waals surface area contributed by atoms with Crippen LogP contribution in [0.3, 0.4) is 0 Å². The Morgan fingerprint density at radius 3 is 1.05 bits per heavy atom. The minimum atomic E-state index is 0. The molecule has 0 heterocycles. The second kappa shape index (κ2) is 57.0. The van der Waals surface area contributed by atoms with Crippen molar-refractivity contribution in [1.82, 2.24) is 0 Å². The number of quaternary nitrogens is 2. The first-order chi connectivity index (χ1) is 8.91. The van der Waals surface area contributed by atoms with Gasteiger partial charge >= 0.3 is 56.4 Å². The summed E-state index contributed by atoms with van der Waals surface area (Å²) < 4.78 is 0. The number of nitrogens with one attached hydrogen (secondary N) is 2. The van der Waals surface area contributed by atoms with Crippen LogP contribution < -0.4 is 10.6 Å². The second-order valence-electron chi connectivity index (χ2n) is 3.65. The number of nitrogens with two attached hydrogens (primary N) is 5. The first-order valence-corrected chi connectivity index (χ1v) is 11.7. The van der Waals surface area contributed by atoms with E-state index in [2.05, 4.69) is 29.5 Å². The van der Waals surface area contributed by atoms with E-state index >= 15 is 0 Å². The van der Waals surface area contributed by atoms with E-state index in [1.165, 1.54) is 25.9 Å². The summed E-state index contributed by atoms with van der Waals surface area (Å²) in [6.45, 7) is 5.80. The van der Waals surface area contributed by atoms with Crippen molar-refractivity contribution >= 4 is 18.8 Å². The standard InChI is InChI=1S/C10H24N4.CH3.2ClH.3H2N.2Pt/c11-5-3-9-13-7-1-2-8-14-10-4-6-12;;;;;;;;/h11-14H,1-10H2;1H3;2*1H;3*1H2;;/q-2;-1;;;3*-1;2*+1. The molecule has 0 aliphatic rings. The zero-order valence-corrected chi connectivity index (χ0v) is 19.4. The molecule has 0 aliphatic carbocycles. The number of rotatable bonds is 11. The summed E-state index contributed by atoms with van der Waals surface area (Å²) in [7, 11) is 9.22. The van der Waals surface area contributed by atoms with Crippen molar-refractivity contribution in [3.63, 3.8) is 0 Å². The molecule has 0 saturated carbocycles. The summed E-state index contributed by atoms with van der Waals surface area (Å²) >= 11 is 3.22. The molecule has 0 radical (unpaired) electrons. The second-order valence-corrected chi connectivity index (χ2v) is 3.65. The Balaban J connectivity index is -0.0000000517. The van der Waals surface area contributed by atoms with E-state index in [0.29, 0.717) is 13.1 Å². The molecule has 0 fully saturated rings. The molecular weight excluding hydrogens is 691 g/mol. The Bertz CT molecular complexity index is 110. The van der Waals surface area contributed by atoms with Gasteiger partial charge in [0.25, 0.3) is 0 Å². The molecule has 11 heteroatoms. The van der Waals surface area contributed by atoms with Crippen LogP contribution in [0.2, 0.25) is 0 Å². The van der Waals surface area contributed by atoms with Crippen molar-refractivity contribution in [2.45, 2.75) is 25.7 Å². The molecule has 0 atom stereocenters. The predicted octanol–water partition coefficient (Wildman–Crippen LogP) is 3.75. The van der Waals surface area contributed by atoms with E-state index in [4.69, 9.17) is 11.5 Å². The fraction of sp³-hybridized carbons (Fsp3) is 0.909. The largest absolute Gasteiger partial charge is 0.693 e. The average Bonchev–Trinajstić information content (AvgIpc) is 2.45. The quantitative estimate of drug-likeness (QED) is 0.233. The van der Waals surface area contributed by atoms with Gasteiger partial charge in [0.2, 0.25) is 0 Å². The third-order valence-electron chi connectivity index (χ3n) is 2.24. The van der Waals surface area contributed by atoms with E-state index in [1.807, 2.05) is 0 Å². The van der Waals surface area contributed by atoms with Gasteiger partial charge in [0.1, 0.15) is 0 Å². The molecule has 0 bridgehead atoms. The van der Waals surface area contributed by atoms with Crippen LogP contribution in [0, 0.1) is 7.43 Å². The smallest absolute Gasteiger partial charge is 0.0757 e. The first-order valence-electron chi connectivity index (χ1n) is 6.08. The van der Waals surface area contributed by atoms with Crippen molar-refractivity contribution < 1.29 is 48.2 Å². The molecule has 0 aromatic heterocycles. The van der Waals surface area contributed by atoms with Crippen LogP contribution in [0.1, 0.15) is 25.7 Å². The van der Waals surface area contributed by atoms with E-state index in [-0.39, 0.29) is 25.9 Å². The summed E-state index contributed by atoms with van der Waals surface area (Å²) in [4.78, 5) is 0. The molecule has 7 nitrogen and oxygen atoms in total. The fourth-order valence-electron chi connectivity index (χ4n) is 1.36. The van der Waals surface area contributed by atoms with Crippen LogP contribution in [0.15, 0.2) is 0 Å². The zero-order valence-electron chi connectivity index (χ0n) is 13.3.